The van der Waals surface area contributed by atoms with Gasteiger partial charge in [-0.15, -0.1) is 0 Å². The van der Waals surface area contributed by atoms with E-state index in [1.165, 1.54) is 0 Å². The van der Waals surface area contributed by atoms with Gasteiger partial charge in [0.2, 0.25) is 0 Å². The Kier molecular flexibility index (Phi) is 2.41. The van der Waals surface area contributed by atoms with Crippen LogP contribution in [-0.2, 0) is 0 Å². The summed E-state index contributed by atoms with van der Waals surface area (Å²) in [7, 11) is -1.45. The molecule has 3 nitrogen and oxygen atoms in total. The molecule has 2 aromatic rings. The first-order valence-corrected chi connectivity index (χ1v) is 4.46. The van der Waals surface area contributed by atoms with Crippen molar-refractivity contribution < 1.29 is 10.0 Å². The van der Waals surface area contributed by atoms with Gasteiger partial charge in [0.25, 0.3) is 0 Å². The maximum atomic E-state index is 8.96. The van der Waals surface area contributed by atoms with E-state index in [0.717, 1.165) is 10.8 Å². The molecular formula is C9H7BClNO2. The number of aromatic nitrogens is 1. The molecule has 2 N–H and O–H groups in total. The van der Waals surface area contributed by atoms with Gasteiger partial charge in [-0.25, -0.2) is 4.98 Å². The van der Waals surface area contributed by atoms with Gasteiger partial charge in [0.05, 0.1) is 0 Å². The van der Waals surface area contributed by atoms with Crippen LogP contribution in [0.4, 0.5) is 0 Å². The van der Waals surface area contributed by atoms with Gasteiger partial charge < -0.3 is 10.0 Å². The monoisotopic (exact) mass is 207 g/mol. The van der Waals surface area contributed by atoms with Crippen molar-refractivity contribution in [2.75, 3.05) is 0 Å². The zero-order valence-electron chi connectivity index (χ0n) is 7.18. The molecule has 5 heteroatoms. The molecule has 70 valence electrons. The number of benzene rings is 1. The van der Waals surface area contributed by atoms with Gasteiger partial charge in [-0.2, -0.15) is 0 Å². The van der Waals surface area contributed by atoms with E-state index in [1.54, 1.807) is 30.5 Å². The fourth-order valence-corrected chi connectivity index (χ4v) is 1.46. The third-order valence-electron chi connectivity index (χ3n) is 2.01. The molecule has 0 aliphatic rings. The Balaban J connectivity index is 2.63. The molecule has 0 saturated heterocycles. The van der Waals surface area contributed by atoms with Crippen LogP contribution in [0.2, 0.25) is 5.15 Å². The van der Waals surface area contributed by atoms with E-state index in [2.05, 4.69) is 4.98 Å². The lowest BCUT2D eigenvalue weighted by molar-refractivity contribution is 0.426. The molecule has 0 amide bonds. The third-order valence-corrected chi connectivity index (χ3v) is 2.22. The van der Waals surface area contributed by atoms with Crippen molar-refractivity contribution in [3.63, 3.8) is 0 Å². The molecule has 0 bridgehead atoms. The van der Waals surface area contributed by atoms with Crippen molar-refractivity contribution in [3.8, 4) is 0 Å². The standard InChI is InChI=1S/C9H7BClNO2/c11-9-4-7-3-8(10(13)14)2-1-6(7)5-12-9/h1-5,13-14H. The van der Waals surface area contributed by atoms with Gasteiger partial charge in [0.15, 0.2) is 0 Å². The van der Waals surface area contributed by atoms with E-state index in [0.29, 0.717) is 10.6 Å². The Bertz CT molecular complexity index is 475. The van der Waals surface area contributed by atoms with Crippen molar-refractivity contribution in [1.29, 1.82) is 0 Å². The van der Waals surface area contributed by atoms with Crippen molar-refractivity contribution in [2.45, 2.75) is 0 Å². The summed E-state index contributed by atoms with van der Waals surface area (Å²) in [5.41, 5.74) is 0.444. The Labute approximate surface area is 86.1 Å². The number of pyridine rings is 1. The minimum absolute atomic E-state index is 0.391. The van der Waals surface area contributed by atoms with Crippen molar-refractivity contribution in [2.24, 2.45) is 0 Å². The number of halogens is 1. The van der Waals surface area contributed by atoms with E-state index in [1.807, 2.05) is 0 Å². The summed E-state index contributed by atoms with van der Waals surface area (Å²) in [6, 6.07) is 6.77. The minimum atomic E-state index is -1.45. The Morgan fingerprint density at radius 1 is 1.14 bits per heavy atom. The molecule has 0 aliphatic heterocycles. The Morgan fingerprint density at radius 3 is 2.64 bits per heavy atom. The van der Waals surface area contributed by atoms with Gasteiger partial charge in [-0.05, 0) is 16.9 Å². The second-order valence-electron chi connectivity index (χ2n) is 2.99. The molecule has 0 atom stereocenters. The topological polar surface area (TPSA) is 53.4 Å². The van der Waals surface area contributed by atoms with Crippen LogP contribution in [-0.4, -0.2) is 22.2 Å². The van der Waals surface area contributed by atoms with Crippen LogP contribution in [0.5, 0.6) is 0 Å². The molecule has 0 saturated carbocycles. The first-order valence-electron chi connectivity index (χ1n) is 4.08. The SMILES string of the molecule is OB(O)c1ccc2cnc(Cl)cc2c1. The largest absolute Gasteiger partial charge is 0.488 e. The summed E-state index contributed by atoms with van der Waals surface area (Å²) >= 11 is 5.71. The van der Waals surface area contributed by atoms with Crippen LogP contribution >= 0.6 is 11.6 Å². The van der Waals surface area contributed by atoms with E-state index in [4.69, 9.17) is 21.6 Å². The Morgan fingerprint density at radius 2 is 1.93 bits per heavy atom. The maximum Gasteiger partial charge on any atom is 0.488 e. The van der Waals surface area contributed by atoms with E-state index in [-0.39, 0.29) is 0 Å². The first-order chi connectivity index (χ1) is 6.66. The van der Waals surface area contributed by atoms with E-state index in [9.17, 15) is 0 Å². The molecule has 0 unspecified atom stereocenters. The van der Waals surface area contributed by atoms with Crippen molar-refractivity contribution >= 4 is 35.0 Å². The minimum Gasteiger partial charge on any atom is -0.423 e. The lowest BCUT2D eigenvalue weighted by Gasteiger charge is -2.02. The first kappa shape index (κ1) is 9.46. The van der Waals surface area contributed by atoms with Crippen LogP contribution in [0, 0.1) is 0 Å². The lowest BCUT2D eigenvalue weighted by Crippen LogP contribution is -2.29. The van der Waals surface area contributed by atoms with Gasteiger partial charge >= 0.3 is 7.12 Å². The summed E-state index contributed by atoms with van der Waals surface area (Å²) < 4.78 is 0. The van der Waals surface area contributed by atoms with Crippen LogP contribution in [0.25, 0.3) is 10.8 Å². The van der Waals surface area contributed by atoms with Gasteiger partial charge in [-0.3, -0.25) is 0 Å². The highest BCUT2D eigenvalue weighted by Gasteiger charge is 2.10. The number of nitrogens with zero attached hydrogens (tertiary/aromatic N) is 1. The zero-order valence-corrected chi connectivity index (χ0v) is 7.94. The Hall–Kier alpha value is -1.10. The molecule has 0 aliphatic carbocycles. The van der Waals surface area contributed by atoms with Gasteiger partial charge in [-0.1, -0.05) is 29.8 Å². The summed E-state index contributed by atoms with van der Waals surface area (Å²) in [4.78, 5) is 3.92. The number of hydrogen-bond acceptors (Lipinski definition) is 3. The fourth-order valence-electron chi connectivity index (χ4n) is 1.29. The molecule has 14 heavy (non-hydrogen) atoms. The van der Waals surface area contributed by atoms with Crippen molar-refractivity contribution in [1.82, 2.24) is 4.98 Å². The highest BCUT2D eigenvalue weighted by molar-refractivity contribution is 6.58. The highest BCUT2D eigenvalue weighted by Crippen LogP contribution is 2.15. The third kappa shape index (κ3) is 1.72. The molecule has 0 spiro atoms. The molecule has 1 aromatic heterocycles. The summed E-state index contributed by atoms with van der Waals surface area (Å²) in [5.74, 6) is 0. The van der Waals surface area contributed by atoms with E-state index < -0.39 is 7.12 Å². The lowest BCUT2D eigenvalue weighted by atomic mass is 9.79. The average molecular weight is 207 g/mol. The molecular weight excluding hydrogens is 200 g/mol. The number of fused-ring (bicyclic) bond motifs is 1. The fraction of sp³-hybridized carbons (Fsp3) is 0. The van der Waals surface area contributed by atoms with Gasteiger partial charge in [0, 0.05) is 11.6 Å². The summed E-state index contributed by atoms with van der Waals surface area (Å²) in [6.45, 7) is 0. The van der Waals surface area contributed by atoms with Crippen LogP contribution in [0.15, 0.2) is 30.5 Å². The summed E-state index contributed by atoms with van der Waals surface area (Å²) in [5, 5.41) is 20.1. The van der Waals surface area contributed by atoms with Crippen LogP contribution in [0.1, 0.15) is 0 Å². The summed E-state index contributed by atoms with van der Waals surface area (Å²) in [6.07, 6.45) is 1.64. The average Bonchev–Trinajstić information content (AvgIpc) is 2.16. The number of hydrogen-bond donors (Lipinski definition) is 2. The predicted molar refractivity (Wildman–Crippen MR) is 56.6 cm³/mol. The zero-order chi connectivity index (χ0) is 10.1. The van der Waals surface area contributed by atoms with E-state index >= 15 is 0 Å². The smallest absolute Gasteiger partial charge is 0.423 e. The second-order valence-corrected chi connectivity index (χ2v) is 3.37. The normalized spacial score (nSPS) is 10.5. The highest BCUT2D eigenvalue weighted by atomic mass is 35.5. The molecule has 1 heterocycles. The quantitative estimate of drug-likeness (QED) is 0.531. The number of rotatable bonds is 1. The second kappa shape index (κ2) is 3.57. The molecule has 1 aromatic carbocycles. The molecule has 0 radical (unpaired) electrons. The van der Waals surface area contributed by atoms with Crippen molar-refractivity contribution in [3.05, 3.63) is 35.6 Å². The maximum absolute atomic E-state index is 8.96. The van der Waals surface area contributed by atoms with Crippen LogP contribution in [0.3, 0.4) is 0 Å². The molecule has 0 fully saturated rings. The van der Waals surface area contributed by atoms with Crippen LogP contribution < -0.4 is 5.46 Å². The van der Waals surface area contributed by atoms with Gasteiger partial charge in [0.1, 0.15) is 5.15 Å². The predicted octanol–water partition coefficient (Wildman–Crippen LogP) is 0.568. The molecule has 2 rings (SSSR count).